The molecule has 13 nitrogen and oxygen atoms in total. The van der Waals surface area contributed by atoms with Gasteiger partial charge in [0.2, 0.25) is 23.5 Å². The van der Waals surface area contributed by atoms with Crippen LogP contribution in [-0.4, -0.2) is 86.9 Å². The van der Waals surface area contributed by atoms with Crippen molar-refractivity contribution in [1.82, 2.24) is 36.1 Å². The van der Waals surface area contributed by atoms with Crippen LogP contribution < -0.4 is 21.3 Å². The van der Waals surface area contributed by atoms with E-state index >= 15 is 4.79 Å². The van der Waals surface area contributed by atoms with Crippen LogP contribution in [0.1, 0.15) is 136 Å². The highest BCUT2D eigenvalue weighted by Crippen LogP contribution is 2.88. The molecule has 13 heteroatoms. The summed E-state index contributed by atoms with van der Waals surface area (Å²) in [6.45, 7) is 12.4. The van der Waals surface area contributed by atoms with Gasteiger partial charge in [0.05, 0.1) is 12.2 Å². The van der Waals surface area contributed by atoms with Gasteiger partial charge in [0.25, 0.3) is 11.8 Å². The molecule has 0 radical (unpaired) electrons. The fraction of sp³-hybridized carbons (Fsp3) is 0.750. The van der Waals surface area contributed by atoms with Gasteiger partial charge in [0.15, 0.2) is 0 Å². The summed E-state index contributed by atoms with van der Waals surface area (Å²) in [6, 6.07) is -3.79. The zero-order valence-corrected chi connectivity index (χ0v) is 32.4. The highest BCUT2D eigenvalue weighted by Gasteiger charge is 2.85. The van der Waals surface area contributed by atoms with Crippen molar-refractivity contribution in [1.29, 1.82) is 0 Å². The first-order chi connectivity index (χ1) is 25.1. The number of ketones is 1. The Morgan fingerprint density at radius 1 is 0.906 bits per heavy atom. The van der Waals surface area contributed by atoms with Crippen molar-refractivity contribution in [3.63, 3.8) is 0 Å². The second-order valence-corrected chi connectivity index (χ2v) is 18.0. The minimum Gasteiger partial charge on any atom is -0.347 e. The zero-order valence-electron chi connectivity index (χ0n) is 32.4. The Hall–Kier alpha value is -3.90. The first-order valence-electron chi connectivity index (χ1n) is 19.9. The largest absolute Gasteiger partial charge is 0.347 e. The molecule has 5 atom stereocenters. The molecule has 290 valence electrons. The van der Waals surface area contributed by atoms with Crippen LogP contribution in [-0.2, 0) is 24.0 Å². The highest BCUT2D eigenvalue weighted by molar-refractivity contribution is 6.38. The molecule has 2 spiro atoms. The van der Waals surface area contributed by atoms with Crippen molar-refractivity contribution in [3.05, 3.63) is 24.3 Å². The van der Waals surface area contributed by atoms with Gasteiger partial charge in [-0.15, -0.1) is 0 Å². The van der Waals surface area contributed by atoms with Gasteiger partial charge in [-0.25, -0.2) is 4.98 Å². The van der Waals surface area contributed by atoms with Crippen molar-refractivity contribution >= 4 is 35.3 Å². The fourth-order valence-electron chi connectivity index (χ4n) is 10.1. The summed E-state index contributed by atoms with van der Waals surface area (Å²) in [5, 5.41) is 11.6. The highest BCUT2D eigenvalue weighted by atomic mass is 16.2. The van der Waals surface area contributed by atoms with Gasteiger partial charge in [-0.1, -0.05) is 73.6 Å². The molecule has 6 rings (SSSR count). The van der Waals surface area contributed by atoms with Gasteiger partial charge in [-0.2, -0.15) is 0 Å². The number of fused-ring (bicyclic) bond motifs is 1. The maximum absolute atomic E-state index is 15.0. The molecule has 5 fully saturated rings. The van der Waals surface area contributed by atoms with E-state index in [1.54, 1.807) is 4.90 Å². The number of Topliss-reactive ketones (excluding diaryl/α,β-unsaturated/α-hetero) is 1. The third-order valence-electron chi connectivity index (χ3n) is 13.6. The van der Waals surface area contributed by atoms with Crippen molar-refractivity contribution in [2.24, 2.45) is 27.6 Å². The molecule has 4 aliphatic carbocycles. The Morgan fingerprint density at radius 3 is 2.15 bits per heavy atom. The predicted molar refractivity (Wildman–Crippen MR) is 197 cm³/mol. The lowest BCUT2D eigenvalue weighted by molar-refractivity contribution is -0.145. The SMILES string of the molecule is CCC[C@H](NC(=O)[C@@H]1C[C@@]2(CN1C(=O)[C@@H](NC(=O)[C@@H](NC(=O)c1cnccn1)C1CCCCC1)C(C)(C)C)C(C)(C)C21CCC1)C(=O)C(=O)NC1CC1. The van der Waals surface area contributed by atoms with Crippen molar-refractivity contribution in [3.8, 4) is 0 Å². The fourth-order valence-corrected chi connectivity index (χ4v) is 10.1. The van der Waals surface area contributed by atoms with Crippen LogP contribution in [0.15, 0.2) is 18.6 Å². The summed E-state index contributed by atoms with van der Waals surface area (Å²) >= 11 is 0. The first-order valence-corrected chi connectivity index (χ1v) is 19.9. The van der Waals surface area contributed by atoms with Crippen LogP contribution in [0.2, 0.25) is 0 Å². The lowest BCUT2D eigenvalue weighted by Gasteiger charge is -2.38. The smallest absolute Gasteiger partial charge is 0.289 e. The molecule has 4 saturated carbocycles. The number of carbonyl (C=O) groups excluding carboxylic acids is 6. The lowest BCUT2D eigenvalue weighted by atomic mass is 9.73. The molecule has 5 aliphatic rings. The average molecular weight is 734 g/mol. The standard InChI is InChI=1S/C40H59N7O6/c1-7-12-26(30(48)35(52)43-25-15-16-25)44-33(50)28-21-40(38(5,6)39(40)17-11-18-39)23-47(28)36(53)31(37(2,3)4)46-34(51)29(24-13-9-8-10-14-24)45-32(49)27-22-41-19-20-42-27/h19-20,22,24-26,28-29,31H,7-18,21,23H2,1-6H3,(H,43,52)(H,44,50)(H,45,49)(H,46,51)/t26-,28-,29-,31+,40+/m0/s1. The number of rotatable bonds is 13. The Balaban J connectivity index is 1.26. The van der Waals surface area contributed by atoms with Gasteiger partial charge in [0.1, 0.15) is 23.8 Å². The molecular formula is C40H59N7O6. The van der Waals surface area contributed by atoms with E-state index in [4.69, 9.17) is 0 Å². The number of likely N-dealkylation sites (tertiary alicyclic amines) is 1. The topological polar surface area (TPSA) is 180 Å². The Bertz CT molecular complexity index is 1590. The molecule has 5 amide bonds. The zero-order chi connectivity index (χ0) is 38.3. The maximum Gasteiger partial charge on any atom is 0.289 e. The predicted octanol–water partition coefficient (Wildman–Crippen LogP) is 3.62. The van der Waals surface area contributed by atoms with Gasteiger partial charge in [0, 0.05) is 30.4 Å². The van der Waals surface area contributed by atoms with E-state index in [9.17, 15) is 24.0 Å². The summed E-state index contributed by atoms with van der Waals surface area (Å²) in [4.78, 5) is 92.9. The second-order valence-electron chi connectivity index (χ2n) is 18.0. The molecule has 1 aromatic heterocycles. The molecule has 1 saturated heterocycles. The molecule has 1 aliphatic heterocycles. The van der Waals surface area contributed by atoms with E-state index < -0.39 is 59.0 Å². The van der Waals surface area contributed by atoms with E-state index in [0.29, 0.717) is 25.8 Å². The molecule has 0 unspecified atom stereocenters. The van der Waals surface area contributed by atoms with Crippen LogP contribution >= 0.6 is 0 Å². The van der Waals surface area contributed by atoms with Gasteiger partial charge in [-0.05, 0) is 73.5 Å². The Labute approximate surface area is 313 Å². The molecule has 0 aromatic carbocycles. The minimum absolute atomic E-state index is 0.00517. The van der Waals surface area contributed by atoms with Gasteiger partial charge < -0.3 is 26.2 Å². The Kier molecular flexibility index (Phi) is 10.8. The molecule has 0 bridgehead atoms. The summed E-state index contributed by atoms with van der Waals surface area (Å²) in [7, 11) is 0. The Morgan fingerprint density at radius 2 is 1.60 bits per heavy atom. The van der Waals surface area contributed by atoms with E-state index in [0.717, 1.165) is 64.2 Å². The quantitative estimate of drug-likeness (QED) is 0.222. The van der Waals surface area contributed by atoms with Crippen molar-refractivity contribution in [2.75, 3.05) is 6.54 Å². The molecular weight excluding hydrogens is 674 g/mol. The molecule has 4 N–H and O–H groups in total. The number of carbonyl (C=O) groups is 6. The summed E-state index contributed by atoms with van der Waals surface area (Å²) in [5.74, 6) is -3.25. The van der Waals surface area contributed by atoms with Crippen LogP contribution in [0.4, 0.5) is 0 Å². The van der Waals surface area contributed by atoms with E-state index in [1.165, 1.54) is 18.6 Å². The summed E-state index contributed by atoms with van der Waals surface area (Å²) in [5.41, 5.74) is -1.03. The average Bonchev–Trinajstić information content (AvgIpc) is 3.94. The monoisotopic (exact) mass is 733 g/mol. The summed E-state index contributed by atoms with van der Waals surface area (Å²) in [6.07, 6.45) is 14.9. The molecule has 1 aromatic rings. The third kappa shape index (κ3) is 7.21. The third-order valence-corrected chi connectivity index (χ3v) is 13.6. The number of nitrogens with one attached hydrogen (secondary N) is 4. The van der Waals surface area contributed by atoms with Crippen molar-refractivity contribution < 1.29 is 28.8 Å². The van der Waals surface area contributed by atoms with E-state index in [2.05, 4.69) is 45.1 Å². The molecule has 2 heterocycles. The lowest BCUT2D eigenvalue weighted by Crippen LogP contribution is -2.62. The van der Waals surface area contributed by atoms with Crippen LogP contribution in [0.5, 0.6) is 0 Å². The normalized spacial score (nSPS) is 26.2. The number of nitrogens with zero attached hydrogens (tertiary/aromatic N) is 3. The first kappa shape index (κ1) is 38.8. The van der Waals surface area contributed by atoms with Crippen molar-refractivity contribution in [2.45, 2.75) is 155 Å². The number of hydrogen-bond donors (Lipinski definition) is 4. The minimum atomic E-state index is -1.02. The maximum atomic E-state index is 15.0. The van der Waals surface area contributed by atoms with E-state index in [-0.39, 0.29) is 39.8 Å². The van der Waals surface area contributed by atoms with Crippen LogP contribution in [0.25, 0.3) is 0 Å². The second kappa shape index (κ2) is 14.7. The van der Waals surface area contributed by atoms with Gasteiger partial charge in [-0.3, -0.25) is 33.8 Å². The number of amides is 5. The number of aromatic nitrogens is 2. The summed E-state index contributed by atoms with van der Waals surface area (Å²) < 4.78 is 0. The molecule has 53 heavy (non-hydrogen) atoms. The van der Waals surface area contributed by atoms with E-state index in [1.807, 2.05) is 27.7 Å². The number of hydrogen-bond acceptors (Lipinski definition) is 8. The van der Waals surface area contributed by atoms with Crippen LogP contribution in [0.3, 0.4) is 0 Å². The van der Waals surface area contributed by atoms with Crippen LogP contribution in [0, 0.1) is 27.6 Å². The van der Waals surface area contributed by atoms with Gasteiger partial charge >= 0.3 is 0 Å².